The first kappa shape index (κ1) is 7.84. The van der Waals surface area contributed by atoms with Crippen molar-refractivity contribution in [2.75, 3.05) is 0 Å². The fraction of sp³-hybridized carbons (Fsp3) is 0.700. The van der Waals surface area contributed by atoms with E-state index in [1.54, 1.807) is 12.7 Å². The molecule has 0 N–H and O–H groups in total. The lowest BCUT2D eigenvalue weighted by molar-refractivity contribution is -0.705. The summed E-state index contributed by atoms with van der Waals surface area (Å²) in [5, 5.41) is 0. The van der Waals surface area contributed by atoms with Gasteiger partial charge >= 0.3 is 6.39 Å². The molecule has 1 saturated carbocycles. The van der Waals surface area contributed by atoms with E-state index >= 15 is 0 Å². The second kappa shape index (κ2) is 3.30. The van der Waals surface area contributed by atoms with Gasteiger partial charge in [-0.05, 0) is 18.8 Å². The van der Waals surface area contributed by atoms with Crippen LogP contribution in [0.25, 0.3) is 0 Å². The van der Waals surface area contributed by atoms with Crippen molar-refractivity contribution in [3.8, 4) is 0 Å². The Hall–Kier alpha value is -0.790. The van der Waals surface area contributed by atoms with Gasteiger partial charge < -0.3 is 4.42 Å². The Morgan fingerprint density at radius 3 is 3.00 bits per heavy atom. The lowest BCUT2D eigenvalue weighted by atomic mass is 10.1. The maximum atomic E-state index is 5.01. The van der Waals surface area contributed by atoms with Crippen molar-refractivity contribution in [3.63, 3.8) is 0 Å². The van der Waals surface area contributed by atoms with Gasteiger partial charge in [-0.2, -0.15) is 4.57 Å². The number of oxazole rings is 1. The third kappa shape index (κ3) is 1.68. The van der Waals surface area contributed by atoms with Crippen LogP contribution in [0.4, 0.5) is 0 Å². The average molecular weight is 166 g/mol. The molecule has 2 heteroatoms. The predicted octanol–water partition coefficient (Wildman–Crippen LogP) is 2.00. The molecule has 1 heterocycles. The van der Waals surface area contributed by atoms with Gasteiger partial charge in [-0.1, -0.05) is 13.3 Å². The molecule has 1 aliphatic rings. The van der Waals surface area contributed by atoms with Crippen molar-refractivity contribution in [2.24, 2.45) is 11.8 Å². The van der Waals surface area contributed by atoms with Crippen molar-refractivity contribution < 1.29 is 8.98 Å². The predicted molar refractivity (Wildman–Crippen MR) is 45.4 cm³/mol. The second-order valence-corrected chi connectivity index (χ2v) is 4.01. The zero-order chi connectivity index (χ0) is 8.39. The maximum Gasteiger partial charge on any atom is 0.334 e. The minimum Gasteiger partial charge on any atom is -0.412 e. The zero-order valence-electron chi connectivity index (χ0n) is 7.57. The molecule has 0 radical (unpaired) electrons. The quantitative estimate of drug-likeness (QED) is 0.614. The maximum absolute atomic E-state index is 5.01. The molecule has 2 nitrogen and oxygen atoms in total. The topological polar surface area (TPSA) is 17.0 Å². The highest BCUT2D eigenvalue weighted by Gasteiger charge is 2.24. The molecule has 2 unspecified atom stereocenters. The highest BCUT2D eigenvalue weighted by molar-refractivity contribution is 4.69. The molecule has 0 amide bonds. The first-order chi connectivity index (χ1) is 5.84. The molecule has 66 valence electrons. The lowest BCUT2D eigenvalue weighted by Gasteiger charge is -2.02. The molecule has 12 heavy (non-hydrogen) atoms. The van der Waals surface area contributed by atoms with Crippen LogP contribution in [0.2, 0.25) is 0 Å². The Morgan fingerprint density at radius 1 is 1.50 bits per heavy atom. The molecule has 1 fully saturated rings. The van der Waals surface area contributed by atoms with E-state index in [0.29, 0.717) is 0 Å². The smallest absolute Gasteiger partial charge is 0.334 e. The highest BCUT2D eigenvalue weighted by Crippen LogP contribution is 2.30. The van der Waals surface area contributed by atoms with Gasteiger partial charge in [0.05, 0.1) is 0 Å². The highest BCUT2D eigenvalue weighted by atomic mass is 16.3. The number of hydrogen-bond donors (Lipinski definition) is 0. The summed E-state index contributed by atoms with van der Waals surface area (Å²) < 4.78 is 7.16. The number of nitrogens with zero attached hydrogens (tertiary/aromatic N) is 1. The molecule has 2 rings (SSSR count). The summed E-state index contributed by atoms with van der Waals surface area (Å²) in [6.45, 7) is 3.49. The van der Waals surface area contributed by atoms with Crippen LogP contribution in [0.1, 0.15) is 26.2 Å². The van der Waals surface area contributed by atoms with Gasteiger partial charge in [0, 0.05) is 5.92 Å². The third-order valence-corrected chi connectivity index (χ3v) is 2.80. The van der Waals surface area contributed by atoms with Crippen LogP contribution in [-0.4, -0.2) is 0 Å². The largest absolute Gasteiger partial charge is 0.412 e. The van der Waals surface area contributed by atoms with Crippen molar-refractivity contribution in [2.45, 2.75) is 32.7 Å². The van der Waals surface area contributed by atoms with E-state index in [1.165, 1.54) is 19.3 Å². The van der Waals surface area contributed by atoms with Gasteiger partial charge in [-0.25, -0.2) is 0 Å². The number of aromatic nitrogens is 1. The molecular formula is C10H16NO+. The van der Waals surface area contributed by atoms with Crippen molar-refractivity contribution in [1.82, 2.24) is 0 Å². The van der Waals surface area contributed by atoms with E-state index in [0.717, 1.165) is 18.4 Å². The molecule has 0 aromatic carbocycles. The molecule has 0 aliphatic heterocycles. The van der Waals surface area contributed by atoms with Gasteiger partial charge in [0.1, 0.15) is 0 Å². The first-order valence-electron chi connectivity index (χ1n) is 4.76. The summed E-state index contributed by atoms with van der Waals surface area (Å²) in [6.07, 6.45) is 9.71. The summed E-state index contributed by atoms with van der Waals surface area (Å²) in [6, 6.07) is 0. The van der Waals surface area contributed by atoms with Crippen LogP contribution in [0.5, 0.6) is 0 Å². The summed E-state index contributed by atoms with van der Waals surface area (Å²) in [4.78, 5) is 0. The lowest BCUT2D eigenvalue weighted by Crippen LogP contribution is -2.33. The Bertz CT molecular complexity index is 230. The van der Waals surface area contributed by atoms with Crippen LogP contribution in [0.3, 0.4) is 0 Å². The third-order valence-electron chi connectivity index (χ3n) is 2.80. The Morgan fingerprint density at radius 2 is 2.42 bits per heavy atom. The van der Waals surface area contributed by atoms with E-state index in [4.69, 9.17) is 4.42 Å². The molecule has 2 atom stereocenters. The SMILES string of the molecule is CC1CCC(C[n+]2ccoc2)C1. The second-order valence-electron chi connectivity index (χ2n) is 4.01. The van der Waals surface area contributed by atoms with Crippen molar-refractivity contribution >= 4 is 0 Å². The Labute approximate surface area is 73.2 Å². The average Bonchev–Trinajstić information content (AvgIpc) is 2.63. The van der Waals surface area contributed by atoms with Gasteiger partial charge in [0.15, 0.2) is 12.8 Å². The van der Waals surface area contributed by atoms with Gasteiger partial charge in [-0.15, -0.1) is 0 Å². The van der Waals surface area contributed by atoms with Crippen LogP contribution >= 0.6 is 0 Å². The molecule has 1 aliphatic carbocycles. The minimum absolute atomic E-state index is 0.877. The monoisotopic (exact) mass is 166 g/mol. The van der Waals surface area contributed by atoms with E-state index in [2.05, 4.69) is 11.5 Å². The molecular weight excluding hydrogens is 150 g/mol. The van der Waals surface area contributed by atoms with Crippen LogP contribution in [0, 0.1) is 11.8 Å². The first-order valence-corrected chi connectivity index (χ1v) is 4.76. The normalized spacial score (nSPS) is 29.4. The molecule has 1 aromatic rings. The number of hydrogen-bond acceptors (Lipinski definition) is 1. The van der Waals surface area contributed by atoms with E-state index in [1.807, 2.05) is 6.20 Å². The molecule has 0 bridgehead atoms. The summed E-state index contributed by atoms with van der Waals surface area (Å²) in [5.41, 5.74) is 0. The van der Waals surface area contributed by atoms with Gasteiger partial charge in [0.2, 0.25) is 6.20 Å². The van der Waals surface area contributed by atoms with E-state index < -0.39 is 0 Å². The Kier molecular flexibility index (Phi) is 2.15. The fourth-order valence-electron chi connectivity index (χ4n) is 2.15. The van der Waals surface area contributed by atoms with Crippen LogP contribution < -0.4 is 4.57 Å². The molecule has 0 spiro atoms. The molecule has 0 saturated heterocycles. The van der Waals surface area contributed by atoms with E-state index in [-0.39, 0.29) is 0 Å². The minimum atomic E-state index is 0.877. The van der Waals surface area contributed by atoms with Crippen LogP contribution in [0.15, 0.2) is 23.3 Å². The van der Waals surface area contributed by atoms with Crippen molar-refractivity contribution in [3.05, 3.63) is 18.9 Å². The summed E-state index contributed by atoms with van der Waals surface area (Å²) in [5.74, 6) is 1.81. The number of rotatable bonds is 2. The fourth-order valence-corrected chi connectivity index (χ4v) is 2.15. The Balaban J connectivity index is 1.88. The summed E-state index contributed by atoms with van der Waals surface area (Å²) >= 11 is 0. The van der Waals surface area contributed by atoms with Gasteiger partial charge in [0.25, 0.3) is 0 Å². The van der Waals surface area contributed by atoms with Crippen molar-refractivity contribution in [1.29, 1.82) is 0 Å². The van der Waals surface area contributed by atoms with E-state index in [9.17, 15) is 0 Å². The summed E-state index contributed by atoms with van der Waals surface area (Å²) in [7, 11) is 0. The standard InChI is InChI=1S/C10H16NO/c1-9-2-3-10(6-9)7-11-4-5-12-8-11/h4-5,8-10H,2-3,6-7H2,1H3/q+1. The molecule has 1 aromatic heterocycles. The zero-order valence-corrected chi connectivity index (χ0v) is 7.57. The van der Waals surface area contributed by atoms with Gasteiger partial charge in [-0.3, -0.25) is 0 Å². The van der Waals surface area contributed by atoms with Crippen LogP contribution in [-0.2, 0) is 6.54 Å².